The summed E-state index contributed by atoms with van der Waals surface area (Å²) in [6.07, 6.45) is 6.45. The summed E-state index contributed by atoms with van der Waals surface area (Å²) in [6, 6.07) is 0. The lowest BCUT2D eigenvalue weighted by Crippen LogP contribution is -1.91. The van der Waals surface area contributed by atoms with Gasteiger partial charge in [0.25, 0.3) is 0 Å². The minimum absolute atomic E-state index is 0.512. The second-order valence-corrected chi connectivity index (χ2v) is 1.90. The number of H-pyrrole nitrogens is 1. The van der Waals surface area contributed by atoms with Crippen LogP contribution in [0.2, 0.25) is 0 Å². The van der Waals surface area contributed by atoms with Crippen molar-refractivity contribution in [2.45, 2.75) is 0 Å². The number of rotatable bonds is 1. The van der Waals surface area contributed by atoms with Crippen LogP contribution in [0.1, 0.15) is 0 Å². The summed E-state index contributed by atoms with van der Waals surface area (Å²) < 4.78 is 0. The summed E-state index contributed by atoms with van der Waals surface area (Å²) in [5.41, 5.74) is 0. The molecule has 0 unspecified atom stereocenters. The number of aromatic amines is 1. The summed E-state index contributed by atoms with van der Waals surface area (Å²) in [5.74, 6) is 1.15. The molecule has 0 aliphatic rings. The van der Waals surface area contributed by atoms with E-state index in [1.807, 2.05) is 0 Å². The van der Waals surface area contributed by atoms with Crippen molar-refractivity contribution >= 4 is 0 Å². The Morgan fingerprint density at radius 2 is 2.09 bits per heavy atom. The molecular formula is C6H5N5. The molecule has 5 nitrogen and oxygen atoms in total. The molecule has 2 heterocycles. The van der Waals surface area contributed by atoms with Crippen LogP contribution in [0.25, 0.3) is 11.6 Å². The van der Waals surface area contributed by atoms with E-state index in [1.165, 1.54) is 6.20 Å². The van der Waals surface area contributed by atoms with E-state index < -0.39 is 0 Å². The largest absolute Gasteiger partial charge is 0.342 e. The van der Waals surface area contributed by atoms with Gasteiger partial charge in [0.1, 0.15) is 0 Å². The fourth-order valence-corrected chi connectivity index (χ4v) is 0.744. The molecule has 2 aromatic heterocycles. The van der Waals surface area contributed by atoms with Crippen LogP contribution in [0, 0.1) is 0 Å². The van der Waals surface area contributed by atoms with E-state index in [2.05, 4.69) is 25.1 Å². The van der Waals surface area contributed by atoms with Gasteiger partial charge in [-0.25, -0.2) is 9.97 Å². The number of aromatic nitrogens is 5. The molecule has 0 amide bonds. The summed E-state index contributed by atoms with van der Waals surface area (Å²) in [5, 5.41) is 7.43. The number of nitrogens with zero attached hydrogens (tertiary/aromatic N) is 4. The van der Waals surface area contributed by atoms with Crippen molar-refractivity contribution in [2.24, 2.45) is 0 Å². The number of hydrogen-bond donors (Lipinski definition) is 1. The molecule has 0 saturated carbocycles. The van der Waals surface area contributed by atoms with Crippen LogP contribution in [0.5, 0.6) is 0 Å². The minimum Gasteiger partial charge on any atom is -0.342 e. The van der Waals surface area contributed by atoms with Crippen molar-refractivity contribution in [3.8, 4) is 11.6 Å². The van der Waals surface area contributed by atoms with Crippen molar-refractivity contribution in [1.82, 2.24) is 25.1 Å². The van der Waals surface area contributed by atoms with Gasteiger partial charge in [-0.3, -0.25) is 0 Å². The van der Waals surface area contributed by atoms with Crippen LogP contribution >= 0.6 is 0 Å². The zero-order chi connectivity index (χ0) is 7.52. The molecule has 11 heavy (non-hydrogen) atoms. The summed E-state index contributed by atoms with van der Waals surface area (Å²) >= 11 is 0. The highest BCUT2D eigenvalue weighted by molar-refractivity contribution is 5.40. The fraction of sp³-hybridized carbons (Fsp3) is 0. The molecule has 0 fully saturated rings. The highest BCUT2D eigenvalue weighted by Crippen LogP contribution is 2.03. The van der Waals surface area contributed by atoms with Gasteiger partial charge in [-0.1, -0.05) is 0 Å². The van der Waals surface area contributed by atoms with E-state index in [9.17, 15) is 0 Å². The highest BCUT2D eigenvalue weighted by Gasteiger charge is 2.00. The molecule has 54 valence electrons. The number of imidazole rings is 1. The zero-order valence-corrected chi connectivity index (χ0v) is 5.60. The maximum atomic E-state index is 3.97. The van der Waals surface area contributed by atoms with Gasteiger partial charge in [0, 0.05) is 18.6 Å². The first-order valence-electron chi connectivity index (χ1n) is 3.10. The van der Waals surface area contributed by atoms with Crippen LogP contribution in [0.3, 0.4) is 0 Å². The van der Waals surface area contributed by atoms with Crippen LogP contribution in [0.4, 0.5) is 0 Å². The van der Waals surface area contributed by atoms with E-state index in [4.69, 9.17) is 0 Å². The molecule has 2 aromatic rings. The fourth-order valence-electron chi connectivity index (χ4n) is 0.744. The van der Waals surface area contributed by atoms with Gasteiger partial charge in [0.15, 0.2) is 5.82 Å². The van der Waals surface area contributed by atoms with Crippen molar-refractivity contribution < 1.29 is 0 Å². The van der Waals surface area contributed by atoms with Gasteiger partial charge in [-0.15, -0.1) is 5.10 Å². The Hall–Kier alpha value is -1.78. The van der Waals surface area contributed by atoms with E-state index >= 15 is 0 Å². The van der Waals surface area contributed by atoms with Crippen molar-refractivity contribution in [1.29, 1.82) is 0 Å². The third-order valence-corrected chi connectivity index (χ3v) is 1.19. The molecule has 0 radical (unpaired) electrons. The topological polar surface area (TPSA) is 67.3 Å². The van der Waals surface area contributed by atoms with Crippen LogP contribution in [0.15, 0.2) is 24.8 Å². The third kappa shape index (κ3) is 1.07. The lowest BCUT2D eigenvalue weighted by atomic mass is 10.6. The van der Waals surface area contributed by atoms with Crippen LogP contribution < -0.4 is 0 Å². The van der Waals surface area contributed by atoms with Gasteiger partial charge in [-0.2, -0.15) is 5.10 Å². The maximum Gasteiger partial charge on any atom is 0.217 e. The molecule has 0 saturated heterocycles. The summed E-state index contributed by atoms with van der Waals surface area (Å²) in [6.45, 7) is 0. The molecule has 0 aliphatic carbocycles. The average Bonchev–Trinajstić information content (AvgIpc) is 2.58. The van der Waals surface area contributed by atoms with E-state index in [1.54, 1.807) is 18.6 Å². The van der Waals surface area contributed by atoms with Crippen molar-refractivity contribution in [3.63, 3.8) is 0 Å². The molecule has 0 atom stereocenters. The molecule has 0 aliphatic heterocycles. The lowest BCUT2D eigenvalue weighted by molar-refractivity contribution is 0.963. The Bertz CT molecular complexity index is 314. The zero-order valence-electron chi connectivity index (χ0n) is 5.60. The maximum absolute atomic E-state index is 3.97. The molecule has 0 spiro atoms. The Labute approximate surface area is 62.5 Å². The van der Waals surface area contributed by atoms with E-state index in [0.29, 0.717) is 11.6 Å². The minimum atomic E-state index is 0.512. The first kappa shape index (κ1) is 5.96. The Morgan fingerprint density at radius 1 is 1.09 bits per heavy atom. The SMILES string of the molecule is c1cnc(-c2ncc[nH]2)nn1. The van der Waals surface area contributed by atoms with E-state index in [0.717, 1.165) is 0 Å². The average molecular weight is 147 g/mol. The van der Waals surface area contributed by atoms with Gasteiger partial charge in [-0.05, 0) is 0 Å². The molecule has 0 aromatic carbocycles. The highest BCUT2D eigenvalue weighted by atomic mass is 15.2. The second-order valence-electron chi connectivity index (χ2n) is 1.90. The molecule has 5 heteroatoms. The third-order valence-electron chi connectivity index (χ3n) is 1.19. The summed E-state index contributed by atoms with van der Waals surface area (Å²) in [4.78, 5) is 10.8. The van der Waals surface area contributed by atoms with Crippen LogP contribution in [-0.4, -0.2) is 25.1 Å². The first-order chi connectivity index (χ1) is 5.47. The standard InChI is InChI=1S/C6H5N5/c1-2-8-5(7-1)6-9-3-4-10-11-6/h1-4H,(H,7,8). The molecule has 2 rings (SSSR count). The van der Waals surface area contributed by atoms with Gasteiger partial charge in [0.2, 0.25) is 5.82 Å². The predicted octanol–water partition coefficient (Wildman–Crippen LogP) is 0.262. The van der Waals surface area contributed by atoms with Gasteiger partial charge >= 0.3 is 0 Å². The Kier molecular flexibility index (Phi) is 1.33. The van der Waals surface area contributed by atoms with Gasteiger partial charge < -0.3 is 4.98 Å². The Morgan fingerprint density at radius 3 is 2.73 bits per heavy atom. The monoisotopic (exact) mass is 147 g/mol. The van der Waals surface area contributed by atoms with Gasteiger partial charge in [0.05, 0.1) is 6.20 Å². The lowest BCUT2D eigenvalue weighted by Gasteiger charge is -1.89. The van der Waals surface area contributed by atoms with E-state index in [-0.39, 0.29) is 0 Å². The second kappa shape index (κ2) is 2.45. The number of nitrogens with one attached hydrogen (secondary N) is 1. The number of hydrogen-bond acceptors (Lipinski definition) is 4. The molecule has 0 bridgehead atoms. The molecule has 1 N–H and O–H groups in total. The predicted molar refractivity (Wildman–Crippen MR) is 37.4 cm³/mol. The Balaban J connectivity index is 2.46. The smallest absolute Gasteiger partial charge is 0.217 e. The van der Waals surface area contributed by atoms with Crippen molar-refractivity contribution in [3.05, 3.63) is 24.8 Å². The summed E-state index contributed by atoms with van der Waals surface area (Å²) in [7, 11) is 0. The normalized spacial score (nSPS) is 9.82. The van der Waals surface area contributed by atoms with Crippen LogP contribution in [-0.2, 0) is 0 Å². The molecular weight excluding hydrogens is 142 g/mol. The first-order valence-corrected chi connectivity index (χ1v) is 3.10. The quantitative estimate of drug-likeness (QED) is 0.628. The van der Waals surface area contributed by atoms with Crippen molar-refractivity contribution in [2.75, 3.05) is 0 Å².